The first-order chi connectivity index (χ1) is 9.65. The van der Waals surface area contributed by atoms with E-state index in [2.05, 4.69) is 21.5 Å². The fraction of sp³-hybridized carbons (Fsp3) is 0.267. The number of benzene rings is 1. The minimum atomic E-state index is -0.558. The summed E-state index contributed by atoms with van der Waals surface area (Å²) < 4.78 is 20.0. The molecule has 0 unspecified atom stereocenters. The number of hydrogen-bond acceptors (Lipinski definition) is 3. The van der Waals surface area contributed by atoms with Crippen LogP contribution in [0.5, 0.6) is 0 Å². The number of nitrogens with zero attached hydrogens (tertiary/aromatic N) is 1. The normalized spacial score (nSPS) is 10.3. The van der Waals surface area contributed by atoms with Gasteiger partial charge in [0.15, 0.2) is 0 Å². The Labute approximate surface area is 117 Å². The van der Waals surface area contributed by atoms with E-state index in [1.54, 1.807) is 6.07 Å². The summed E-state index contributed by atoms with van der Waals surface area (Å²) in [6, 6.07) is 7.99. The van der Waals surface area contributed by atoms with Crippen molar-refractivity contribution in [3.63, 3.8) is 0 Å². The second-order valence-electron chi connectivity index (χ2n) is 4.32. The van der Waals surface area contributed by atoms with E-state index >= 15 is 0 Å². The van der Waals surface area contributed by atoms with Gasteiger partial charge < -0.3 is 14.6 Å². The topological polar surface area (TPSA) is 43.3 Å². The molecule has 106 valence electrons. The Hall–Kier alpha value is -2.30. The second kappa shape index (κ2) is 6.23. The molecule has 0 fully saturated rings. The molecule has 0 aliphatic rings. The molecule has 0 aliphatic heterocycles. The van der Waals surface area contributed by atoms with Crippen molar-refractivity contribution in [2.24, 2.45) is 0 Å². The summed E-state index contributed by atoms with van der Waals surface area (Å²) in [5, 5.41) is 3.14. The van der Waals surface area contributed by atoms with Gasteiger partial charge in [0.05, 0.1) is 19.2 Å². The molecule has 0 radical (unpaired) electrons. The molecule has 0 atom stereocenters. The van der Waals surface area contributed by atoms with Gasteiger partial charge in [-0.15, -0.1) is 0 Å². The van der Waals surface area contributed by atoms with Crippen LogP contribution >= 0.6 is 0 Å². The number of nitrogens with one attached hydrogen (secondary N) is 1. The molecule has 2 aromatic rings. The van der Waals surface area contributed by atoms with Crippen LogP contribution in [0.3, 0.4) is 0 Å². The van der Waals surface area contributed by atoms with Gasteiger partial charge in [0, 0.05) is 24.1 Å². The Bertz CT molecular complexity index is 608. The van der Waals surface area contributed by atoms with Crippen LogP contribution in [0.1, 0.15) is 23.0 Å². The highest BCUT2D eigenvalue weighted by atomic mass is 19.1. The van der Waals surface area contributed by atoms with Crippen LogP contribution in [0.15, 0.2) is 36.5 Å². The van der Waals surface area contributed by atoms with E-state index in [4.69, 9.17) is 0 Å². The molecule has 0 spiro atoms. The van der Waals surface area contributed by atoms with Gasteiger partial charge in [-0.2, -0.15) is 0 Å². The molecule has 1 aromatic heterocycles. The number of carbonyl (C=O) groups is 1. The van der Waals surface area contributed by atoms with Crippen LogP contribution in [0, 0.1) is 5.82 Å². The van der Waals surface area contributed by atoms with Crippen molar-refractivity contribution in [1.82, 2.24) is 4.57 Å². The standard InChI is InChI=1S/C15H17FN2O2/c1-3-18-8-4-5-12(18)10-17-14-7-6-11(16)9-13(14)15(19)20-2/h4-9,17H,3,10H2,1-2H3. The number of methoxy groups -OCH3 is 1. The number of halogens is 1. The minimum Gasteiger partial charge on any atom is -0.465 e. The molecule has 0 saturated heterocycles. The zero-order chi connectivity index (χ0) is 14.5. The number of rotatable bonds is 5. The fourth-order valence-corrected chi connectivity index (χ4v) is 2.05. The molecule has 0 bridgehead atoms. The number of hydrogen-bond donors (Lipinski definition) is 1. The van der Waals surface area contributed by atoms with Crippen LogP contribution in [-0.4, -0.2) is 17.6 Å². The maximum absolute atomic E-state index is 13.2. The Morgan fingerprint density at radius 1 is 1.40 bits per heavy atom. The first kappa shape index (κ1) is 14.1. The molecule has 5 heteroatoms. The number of ether oxygens (including phenoxy) is 1. The largest absolute Gasteiger partial charge is 0.465 e. The van der Waals surface area contributed by atoms with Crippen LogP contribution < -0.4 is 5.32 Å². The second-order valence-corrected chi connectivity index (χ2v) is 4.32. The molecule has 1 heterocycles. The van der Waals surface area contributed by atoms with Crippen LogP contribution in [-0.2, 0) is 17.8 Å². The van der Waals surface area contributed by atoms with Crippen molar-refractivity contribution < 1.29 is 13.9 Å². The van der Waals surface area contributed by atoms with Crippen molar-refractivity contribution in [1.29, 1.82) is 0 Å². The molecule has 20 heavy (non-hydrogen) atoms. The predicted octanol–water partition coefficient (Wildman–Crippen LogP) is 3.05. The van der Waals surface area contributed by atoms with Crippen molar-refractivity contribution in [2.75, 3.05) is 12.4 Å². The van der Waals surface area contributed by atoms with Crippen LogP contribution in [0.4, 0.5) is 10.1 Å². The molecular formula is C15H17FN2O2. The van der Waals surface area contributed by atoms with Crippen molar-refractivity contribution in [3.05, 3.63) is 53.6 Å². The number of anilines is 1. The Kier molecular flexibility index (Phi) is 4.40. The lowest BCUT2D eigenvalue weighted by Gasteiger charge is -2.12. The minimum absolute atomic E-state index is 0.196. The lowest BCUT2D eigenvalue weighted by atomic mass is 10.1. The summed E-state index contributed by atoms with van der Waals surface area (Å²) in [6.07, 6.45) is 1.99. The first-order valence-corrected chi connectivity index (χ1v) is 6.41. The quantitative estimate of drug-likeness (QED) is 0.854. The Morgan fingerprint density at radius 3 is 2.90 bits per heavy atom. The molecule has 1 N–H and O–H groups in total. The number of carbonyl (C=O) groups excluding carboxylic acids is 1. The SMILES string of the molecule is CCn1cccc1CNc1ccc(F)cc1C(=O)OC. The summed E-state index contributed by atoms with van der Waals surface area (Å²) in [6.45, 7) is 3.48. The molecule has 4 nitrogen and oxygen atoms in total. The van der Waals surface area contributed by atoms with E-state index in [1.807, 2.05) is 18.3 Å². The Morgan fingerprint density at radius 2 is 2.20 bits per heavy atom. The fourth-order valence-electron chi connectivity index (χ4n) is 2.05. The molecular weight excluding hydrogens is 259 g/mol. The van der Waals surface area contributed by atoms with Crippen molar-refractivity contribution in [2.45, 2.75) is 20.0 Å². The predicted molar refractivity (Wildman–Crippen MR) is 75.2 cm³/mol. The van der Waals surface area contributed by atoms with Gasteiger partial charge in [0.25, 0.3) is 0 Å². The molecule has 0 amide bonds. The van der Waals surface area contributed by atoms with Gasteiger partial charge >= 0.3 is 5.97 Å². The lowest BCUT2D eigenvalue weighted by Crippen LogP contribution is -2.11. The summed E-state index contributed by atoms with van der Waals surface area (Å²) in [5.41, 5.74) is 1.84. The number of aromatic nitrogens is 1. The average molecular weight is 276 g/mol. The van der Waals surface area contributed by atoms with Gasteiger partial charge in [0.1, 0.15) is 5.82 Å². The monoisotopic (exact) mass is 276 g/mol. The van der Waals surface area contributed by atoms with Crippen LogP contribution in [0.25, 0.3) is 0 Å². The third kappa shape index (κ3) is 2.99. The highest BCUT2D eigenvalue weighted by Crippen LogP contribution is 2.19. The van der Waals surface area contributed by atoms with E-state index in [9.17, 15) is 9.18 Å². The highest BCUT2D eigenvalue weighted by molar-refractivity contribution is 5.95. The zero-order valence-corrected chi connectivity index (χ0v) is 11.5. The van der Waals surface area contributed by atoms with Crippen molar-refractivity contribution in [3.8, 4) is 0 Å². The van der Waals surface area contributed by atoms with E-state index < -0.39 is 11.8 Å². The third-order valence-electron chi connectivity index (χ3n) is 3.11. The van der Waals surface area contributed by atoms with Gasteiger partial charge in [0.2, 0.25) is 0 Å². The third-order valence-corrected chi connectivity index (χ3v) is 3.11. The van der Waals surface area contributed by atoms with E-state index in [0.717, 1.165) is 12.2 Å². The van der Waals surface area contributed by atoms with Crippen molar-refractivity contribution >= 4 is 11.7 Å². The maximum Gasteiger partial charge on any atom is 0.340 e. The maximum atomic E-state index is 13.2. The van der Waals surface area contributed by atoms with Gasteiger partial charge in [-0.3, -0.25) is 0 Å². The highest BCUT2D eigenvalue weighted by Gasteiger charge is 2.13. The Balaban J connectivity index is 2.19. The van der Waals surface area contributed by atoms with E-state index in [-0.39, 0.29) is 5.56 Å². The summed E-state index contributed by atoms with van der Waals surface area (Å²) in [4.78, 5) is 11.6. The summed E-state index contributed by atoms with van der Waals surface area (Å²) in [5.74, 6) is -1.02. The van der Waals surface area contributed by atoms with Crippen LogP contribution in [0.2, 0.25) is 0 Å². The first-order valence-electron chi connectivity index (χ1n) is 6.41. The summed E-state index contributed by atoms with van der Waals surface area (Å²) in [7, 11) is 1.28. The lowest BCUT2D eigenvalue weighted by molar-refractivity contribution is 0.0601. The number of esters is 1. The van der Waals surface area contributed by atoms with Gasteiger partial charge in [-0.05, 0) is 37.3 Å². The molecule has 1 aromatic carbocycles. The number of aryl methyl sites for hydroxylation is 1. The average Bonchev–Trinajstić information content (AvgIpc) is 2.92. The molecule has 0 saturated carbocycles. The molecule has 2 rings (SSSR count). The zero-order valence-electron chi connectivity index (χ0n) is 11.5. The van der Waals surface area contributed by atoms with Gasteiger partial charge in [-0.1, -0.05) is 0 Å². The molecule has 0 aliphatic carbocycles. The summed E-state index contributed by atoms with van der Waals surface area (Å²) >= 11 is 0. The smallest absolute Gasteiger partial charge is 0.340 e. The van der Waals surface area contributed by atoms with Gasteiger partial charge in [-0.25, -0.2) is 9.18 Å². The van der Waals surface area contributed by atoms with E-state index in [0.29, 0.717) is 12.2 Å². The van der Waals surface area contributed by atoms with E-state index in [1.165, 1.54) is 19.2 Å².